The molecule has 0 aliphatic rings. The van der Waals surface area contributed by atoms with E-state index in [0.29, 0.717) is 30.6 Å². The molecule has 2 N–H and O–H groups in total. The van der Waals surface area contributed by atoms with Gasteiger partial charge in [0.2, 0.25) is 0 Å². The molecule has 0 aromatic heterocycles. The minimum atomic E-state index is -1.55. The lowest BCUT2D eigenvalue weighted by Crippen LogP contribution is -1.95. The third-order valence-corrected chi connectivity index (χ3v) is 3.29. The first kappa shape index (κ1) is 12.9. The molecule has 16 heavy (non-hydrogen) atoms. The van der Waals surface area contributed by atoms with E-state index in [1.165, 1.54) is 0 Å². The van der Waals surface area contributed by atoms with E-state index in [0.717, 1.165) is 5.56 Å². The fraction of sp³-hybridized carbons (Fsp3) is 0.455. The Morgan fingerprint density at radius 1 is 1.44 bits per heavy atom. The molecular formula is C11H17NO3P+. The lowest BCUT2D eigenvalue weighted by Gasteiger charge is -2.05. The second-order valence-corrected chi connectivity index (χ2v) is 4.67. The molecule has 0 bridgehead atoms. The van der Waals surface area contributed by atoms with Gasteiger partial charge in [0.05, 0.1) is 19.4 Å². The number of rotatable bonds is 6. The molecular weight excluding hydrogens is 225 g/mol. The predicted octanol–water partition coefficient (Wildman–Crippen LogP) is 2.60. The molecule has 1 unspecified atom stereocenters. The summed E-state index contributed by atoms with van der Waals surface area (Å²) in [6.45, 7) is 2.32. The third kappa shape index (κ3) is 3.80. The first-order valence-electron chi connectivity index (χ1n) is 5.17. The fourth-order valence-corrected chi connectivity index (χ4v) is 2.20. The summed E-state index contributed by atoms with van der Waals surface area (Å²) in [6.07, 6.45) is 1.22. The highest BCUT2D eigenvalue weighted by Crippen LogP contribution is 2.26. The summed E-state index contributed by atoms with van der Waals surface area (Å²) < 4.78 is 21.4. The van der Waals surface area contributed by atoms with Gasteiger partial charge in [-0.25, -0.2) is 0 Å². The number of nitrogen functional groups attached to an aromatic ring is 1. The van der Waals surface area contributed by atoms with Crippen LogP contribution in [0.1, 0.15) is 12.5 Å². The highest BCUT2D eigenvalue weighted by Gasteiger charge is 2.16. The highest BCUT2D eigenvalue weighted by molar-refractivity contribution is 7.39. The van der Waals surface area contributed by atoms with Crippen molar-refractivity contribution in [2.75, 3.05) is 25.6 Å². The summed E-state index contributed by atoms with van der Waals surface area (Å²) in [5.74, 6) is 0.657. The number of hydrogen-bond donors (Lipinski definition) is 1. The lowest BCUT2D eigenvalue weighted by molar-refractivity contribution is 0.350. The molecule has 4 nitrogen and oxygen atoms in total. The van der Waals surface area contributed by atoms with Gasteiger partial charge in [-0.05, 0) is 29.2 Å². The van der Waals surface area contributed by atoms with Crippen LogP contribution in [0, 0.1) is 0 Å². The average molecular weight is 242 g/mol. The second kappa shape index (κ2) is 6.46. The number of hydrogen-bond acceptors (Lipinski definition) is 4. The summed E-state index contributed by atoms with van der Waals surface area (Å²) in [6, 6.07) is 5.57. The van der Waals surface area contributed by atoms with Crippen molar-refractivity contribution in [2.45, 2.75) is 13.3 Å². The summed E-state index contributed by atoms with van der Waals surface area (Å²) in [4.78, 5) is 0. The summed E-state index contributed by atoms with van der Waals surface area (Å²) in [7, 11) is 0.0315. The van der Waals surface area contributed by atoms with E-state index >= 15 is 0 Å². The number of anilines is 1. The van der Waals surface area contributed by atoms with Crippen LogP contribution in [-0.2, 0) is 15.5 Å². The van der Waals surface area contributed by atoms with E-state index in [1.807, 2.05) is 19.1 Å². The van der Waals surface area contributed by atoms with Crippen LogP contribution in [0.5, 0.6) is 5.75 Å². The first-order chi connectivity index (χ1) is 7.67. The zero-order chi connectivity index (χ0) is 12.0. The Hall–Kier alpha value is -1.12. The zero-order valence-electron chi connectivity index (χ0n) is 9.60. The van der Waals surface area contributed by atoms with E-state index in [-0.39, 0.29) is 0 Å². The van der Waals surface area contributed by atoms with Gasteiger partial charge < -0.3 is 10.5 Å². The van der Waals surface area contributed by atoms with Gasteiger partial charge in [0.15, 0.2) is 6.16 Å². The van der Waals surface area contributed by atoms with Crippen LogP contribution >= 0.6 is 8.03 Å². The molecule has 1 aromatic rings. The quantitative estimate of drug-likeness (QED) is 0.615. The van der Waals surface area contributed by atoms with Crippen LogP contribution in [-0.4, -0.2) is 19.9 Å². The van der Waals surface area contributed by atoms with Gasteiger partial charge in [-0.2, -0.15) is 0 Å². The van der Waals surface area contributed by atoms with Crippen LogP contribution in [0.25, 0.3) is 0 Å². The number of nitrogens with two attached hydrogens (primary N) is 1. The molecule has 5 heteroatoms. The summed E-state index contributed by atoms with van der Waals surface area (Å²) in [5, 5.41) is 0. The Kier molecular flexibility index (Phi) is 5.23. The normalized spacial score (nSPS) is 11.2. The average Bonchev–Trinajstić information content (AvgIpc) is 2.28. The third-order valence-electron chi connectivity index (χ3n) is 2.15. The smallest absolute Gasteiger partial charge is 0.495 e. The maximum Gasteiger partial charge on any atom is 0.508 e. The van der Waals surface area contributed by atoms with Gasteiger partial charge in [-0.3, -0.25) is 0 Å². The van der Waals surface area contributed by atoms with Crippen LogP contribution in [0.2, 0.25) is 0 Å². The maximum atomic E-state index is 11.3. The van der Waals surface area contributed by atoms with Crippen LogP contribution in [0.3, 0.4) is 0 Å². The van der Waals surface area contributed by atoms with Crippen molar-refractivity contribution in [2.24, 2.45) is 0 Å². The van der Waals surface area contributed by atoms with E-state index < -0.39 is 8.03 Å². The SMILES string of the molecule is CCO[P+](=O)CCc1ccc(N)c(OC)c1. The van der Waals surface area contributed by atoms with Crippen LogP contribution in [0.4, 0.5) is 5.69 Å². The van der Waals surface area contributed by atoms with E-state index in [9.17, 15) is 4.57 Å². The maximum absolute atomic E-state index is 11.3. The predicted molar refractivity (Wildman–Crippen MR) is 65.2 cm³/mol. The molecule has 1 aromatic carbocycles. The molecule has 1 atom stereocenters. The van der Waals surface area contributed by atoms with Crippen molar-refractivity contribution < 1.29 is 13.8 Å². The minimum absolute atomic E-state index is 0.486. The first-order valence-corrected chi connectivity index (χ1v) is 6.53. The van der Waals surface area contributed by atoms with Crippen molar-refractivity contribution in [3.05, 3.63) is 23.8 Å². The van der Waals surface area contributed by atoms with E-state index in [2.05, 4.69) is 0 Å². The second-order valence-electron chi connectivity index (χ2n) is 3.30. The molecule has 0 radical (unpaired) electrons. The highest BCUT2D eigenvalue weighted by atomic mass is 31.1. The molecule has 0 spiro atoms. The molecule has 0 saturated carbocycles. The molecule has 0 aliphatic heterocycles. The molecule has 0 saturated heterocycles. The molecule has 88 valence electrons. The van der Waals surface area contributed by atoms with Gasteiger partial charge >= 0.3 is 8.03 Å². The van der Waals surface area contributed by atoms with E-state index in [1.54, 1.807) is 13.2 Å². The Bertz CT molecular complexity index is 368. The van der Waals surface area contributed by atoms with Crippen molar-refractivity contribution >= 4 is 13.7 Å². The van der Waals surface area contributed by atoms with Crippen LogP contribution < -0.4 is 10.5 Å². The standard InChI is InChI=1S/C11H17NO3P/c1-3-15-16(13)7-6-9-4-5-10(12)11(8-9)14-2/h4-5,8H,3,6-7,12H2,1-2H3/q+1. The molecule has 0 amide bonds. The van der Waals surface area contributed by atoms with Crippen molar-refractivity contribution in [1.82, 2.24) is 0 Å². The molecule has 0 aliphatic carbocycles. The van der Waals surface area contributed by atoms with Gasteiger partial charge in [-0.1, -0.05) is 6.07 Å². The largest absolute Gasteiger partial charge is 0.508 e. The van der Waals surface area contributed by atoms with Gasteiger partial charge in [0, 0.05) is 6.42 Å². The monoisotopic (exact) mass is 242 g/mol. The molecule has 0 fully saturated rings. The minimum Gasteiger partial charge on any atom is -0.495 e. The lowest BCUT2D eigenvalue weighted by atomic mass is 10.1. The fourth-order valence-electron chi connectivity index (χ4n) is 1.34. The van der Waals surface area contributed by atoms with Crippen LogP contribution in [0.15, 0.2) is 18.2 Å². The number of methoxy groups -OCH3 is 1. The zero-order valence-corrected chi connectivity index (χ0v) is 10.5. The van der Waals surface area contributed by atoms with Crippen molar-refractivity contribution in [1.29, 1.82) is 0 Å². The molecule has 1 rings (SSSR count). The van der Waals surface area contributed by atoms with Gasteiger partial charge in [-0.15, -0.1) is 4.52 Å². The van der Waals surface area contributed by atoms with Gasteiger partial charge in [0.25, 0.3) is 0 Å². The topological polar surface area (TPSA) is 61.5 Å². The Morgan fingerprint density at radius 2 is 2.19 bits per heavy atom. The number of aryl methyl sites for hydroxylation is 1. The van der Waals surface area contributed by atoms with Crippen molar-refractivity contribution in [3.63, 3.8) is 0 Å². The number of ether oxygens (including phenoxy) is 1. The molecule has 0 heterocycles. The van der Waals surface area contributed by atoms with Crippen molar-refractivity contribution in [3.8, 4) is 5.75 Å². The summed E-state index contributed by atoms with van der Waals surface area (Å²) >= 11 is 0. The Labute approximate surface area is 96.6 Å². The Morgan fingerprint density at radius 3 is 2.81 bits per heavy atom. The van der Waals surface area contributed by atoms with Gasteiger partial charge in [0.1, 0.15) is 5.75 Å². The number of benzene rings is 1. The van der Waals surface area contributed by atoms with E-state index in [4.69, 9.17) is 15.0 Å². The Balaban J connectivity index is 2.57. The summed E-state index contributed by atoms with van der Waals surface area (Å²) in [5.41, 5.74) is 7.36.